The molecule has 0 N–H and O–H groups in total. The molecule has 5 atom stereocenters. The van der Waals surface area contributed by atoms with Gasteiger partial charge in [0.15, 0.2) is 5.78 Å². The number of carbonyl (C=O) groups is 2. The molecule has 4 nitrogen and oxygen atoms in total. The van der Waals surface area contributed by atoms with Gasteiger partial charge in [-0.05, 0) is 49.7 Å². The molecule has 4 rings (SSSR count). The van der Waals surface area contributed by atoms with Crippen molar-refractivity contribution in [1.29, 1.82) is 0 Å². The predicted molar refractivity (Wildman–Crippen MR) is 83.4 cm³/mol. The van der Waals surface area contributed by atoms with Crippen molar-refractivity contribution in [3.8, 4) is 0 Å². The molecule has 4 heteroatoms. The van der Waals surface area contributed by atoms with E-state index in [1.807, 2.05) is 13.0 Å². The van der Waals surface area contributed by atoms with Gasteiger partial charge in [0.05, 0.1) is 17.9 Å². The molecule has 1 unspecified atom stereocenters. The van der Waals surface area contributed by atoms with Crippen molar-refractivity contribution in [2.24, 2.45) is 23.2 Å². The highest BCUT2D eigenvalue weighted by Crippen LogP contribution is 2.60. The summed E-state index contributed by atoms with van der Waals surface area (Å²) in [6.45, 7) is 4.18. The van der Waals surface area contributed by atoms with Crippen molar-refractivity contribution in [2.75, 3.05) is 0 Å². The van der Waals surface area contributed by atoms with E-state index in [2.05, 4.69) is 6.92 Å². The van der Waals surface area contributed by atoms with Gasteiger partial charge in [-0.1, -0.05) is 12.5 Å². The largest absolute Gasteiger partial charge is 0.472 e. The van der Waals surface area contributed by atoms with Crippen molar-refractivity contribution in [2.45, 2.75) is 45.6 Å². The Hall–Kier alpha value is -1.84. The topological polar surface area (TPSA) is 56.5 Å². The maximum Gasteiger partial charge on any atom is 0.313 e. The van der Waals surface area contributed by atoms with E-state index >= 15 is 0 Å². The Kier molecular flexibility index (Phi) is 3.26. The molecule has 23 heavy (non-hydrogen) atoms. The fraction of sp³-hybridized carbons (Fsp3) is 0.579. The van der Waals surface area contributed by atoms with Gasteiger partial charge in [-0.15, -0.1) is 0 Å². The summed E-state index contributed by atoms with van der Waals surface area (Å²) in [7, 11) is 0. The highest BCUT2D eigenvalue weighted by molar-refractivity contribution is 5.93. The fourth-order valence-electron chi connectivity index (χ4n) is 5.14. The third kappa shape index (κ3) is 2.03. The van der Waals surface area contributed by atoms with Crippen molar-refractivity contribution in [3.05, 3.63) is 35.8 Å². The summed E-state index contributed by atoms with van der Waals surface area (Å²) in [6, 6.07) is 1.86. The van der Waals surface area contributed by atoms with Crippen molar-refractivity contribution in [3.63, 3.8) is 0 Å². The lowest BCUT2D eigenvalue weighted by Gasteiger charge is -2.49. The van der Waals surface area contributed by atoms with Gasteiger partial charge in [0.2, 0.25) is 0 Å². The molecule has 0 bridgehead atoms. The van der Waals surface area contributed by atoms with Crippen LogP contribution in [-0.2, 0) is 14.3 Å². The van der Waals surface area contributed by atoms with Gasteiger partial charge in [0.1, 0.15) is 6.10 Å². The molecule has 1 aromatic heterocycles. The summed E-state index contributed by atoms with van der Waals surface area (Å²) >= 11 is 0. The molecule has 2 fully saturated rings. The highest BCUT2D eigenvalue weighted by atomic mass is 16.6. The van der Waals surface area contributed by atoms with Gasteiger partial charge < -0.3 is 9.15 Å². The third-order valence-corrected chi connectivity index (χ3v) is 6.40. The Morgan fingerprint density at radius 1 is 1.26 bits per heavy atom. The molecular weight excluding hydrogens is 292 g/mol. The second kappa shape index (κ2) is 5.08. The first-order valence-electron chi connectivity index (χ1n) is 8.46. The van der Waals surface area contributed by atoms with E-state index < -0.39 is 5.41 Å². The van der Waals surface area contributed by atoms with Gasteiger partial charge in [-0.25, -0.2) is 0 Å². The summed E-state index contributed by atoms with van der Waals surface area (Å²) < 4.78 is 10.9. The van der Waals surface area contributed by atoms with Crippen LogP contribution in [0, 0.1) is 23.2 Å². The second-order valence-corrected chi connectivity index (χ2v) is 7.45. The molecule has 122 valence electrons. The van der Waals surface area contributed by atoms with E-state index in [0.29, 0.717) is 18.8 Å². The van der Waals surface area contributed by atoms with Crippen LogP contribution in [0.25, 0.3) is 0 Å². The van der Waals surface area contributed by atoms with Gasteiger partial charge in [0.25, 0.3) is 0 Å². The first-order valence-corrected chi connectivity index (χ1v) is 8.46. The third-order valence-electron chi connectivity index (χ3n) is 6.40. The van der Waals surface area contributed by atoms with E-state index in [-0.39, 0.29) is 29.7 Å². The molecule has 1 aliphatic heterocycles. The van der Waals surface area contributed by atoms with E-state index in [9.17, 15) is 9.59 Å². The van der Waals surface area contributed by atoms with E-state index in [0.717, 1.165) is 24.0 Å². The lowest BCUT2D eigenvalue weighted by Crippen LogP contribution is -2.50. The minimum absolute atomic E-state index is 0.0770. The van der Waals surface area contributed by atoms with E-state index in [4.69, 9.17) is 9.15 Å². The Bertz CT molecular complexity index is 672. The minimum atomic E-state index is -0.532. The Morgan fingerprint density at radius 2 is 2.09 bits per heavy atom. The molecule has 1 aromatic rings. The number of esters is 1. The van der Waals surface area contributed by atoms with E-state index in [1.54, 1.807) is 18.6 Å². The van der Waals surface area contributed by atoms with Crippen LogP contribution < -0.4 is 0 Å². The van der Waals surface area contributed by atoms with Gasteiger partial charge in [-0.2, -0.15) is 0 Å². The quantitative estimate of drug-likeness (QED) is 0.739. The zero-order chi connectivity index (χ0) is 16.2. The highest BCUT2D eigenvalue weighted by Gasteiger charge is 2.61. The zero-order valence-electron chi connectivity index (χ0n) is 13.6. The maximum absolute atomic E-state index is 13.0. The summed E-state index contributed by atoms with van der Waals surface area (Å²) in [6.07, 6.45) is 7.99. The lowest BCUT2D eigenvalue weighted by molar-refractivity contribution is -0.158. The summed E-state index contributed by atoms with van der Waals surface area (Å²) in [5.41, 5.74) is 1.52. The maximum atomic E-state index is 13.0. The molecule has 0 radical (unpaired) electrons. The lowest BCUT2D eigenvalue weighted by atomic mass is 9.52. The van der Waals surface area contributed by atoms with Gasteiger partial charge >= 0.3 is 5.97 Å². The van der Waals surface area contributed by atoms with Crippen LogP contribution >= 0.6 is 0 Å². The summed E-state index contributed by atoms with van der Waals surface area (Å²) in [4.78, 5) is 25.1. The van der Waals surface area contributed by atoms with Crippen LogP contribution in [-0.4, -0.2) is 11.8 Å². The van der Waals surface area contributed by atoms with Crippen LogP contribution in [0.3, 0.4) is 0 Å². The normalized spacial score (nSPS) is 40.0. The second-order valence-electron chi connectivity index (χ2n) is 7.45. The standard InChI is InChI=1S/C19H22O4/c1-11-7-14(20)8-16-15(11)4-3-12(2)19(16)9-17(23-18(19)21)13-5-6-22-10-13/h5-7,10,12,15-17H,3-4,8-9H2,1-2H3/t12-,15?,16+,17-,19-/m1/s1. The molecular formula is C19H22O4. The molecule has 2 aliphatic carbocycles. The van der Waals surface area contributed by atoms with Gasteiger partial charge in [0, 0.05) is 18.4 Å². The Balaban J connectivity index is 1.74. The number of furan rings is 1. The number of carbonyl (C=O) groups excluding carboxylic acids is 2. The zero-order valence-corrected chi connectivity index (χ0v) is 13.6. The molecule has 1 saturated heterocycles. The van der Waals surface area contributed by atoms with Gasteiger partial charge in [-0.3, -0.25) is 9.59 Å². The van der Waals surface area contributed by atoms with Crippen molar-refractivity contribution in [1.82, 2.24) is 0 Å². The first kappa shape index (κ1) is 14.7. The average Bonchev–Trinajstić information content (AvgIpc) is 3.12. The average molecular weight is 314 g/mol. The predicted octanol–water partition coefficient (Wildman–Crippen LogP) is 3.84. The van der Waals surface area contributed by atoms with Crippen LogP contribution in [0.1, 0.15) is 51.2 Å². The van der Waals surface area contributed by atoms with Crippen molar-refractivity contribution >= 4 is 11.8 Å². The monoisotopic (exact) mass is 314 g/mol. The number of fused-ring (bicyclic) bond motifs is 2. The number of allylic oxidation sites excluding steroid dienone is 2. The number of ether oxygens (including phenoxy) is 1. The van der Waals surface area contributed by atoms with Crippen LogP contribution in [0.4, 0.5) is 0 Å². The molecule has 1 saturated carbocycles. The number of hydrogen-bond acceptors (Lipinski definition) is 4. The van der Waals surface area contributed by atoms with Crippen LogP contribution in [0.2, 0.25) is 0 Å². The SMILES string of the molecule is CC1=CC(=O)C[C@H]2C1CC[C@@H](C)[C@]21C[C@H](c2ccoc2)OC1=O. The van der Waals surface area contributed by atoms with E-state index in [1.165, 1.54) is 0 Å². The molecule has 1 spiro atoms. The molecule has 2 heterocycles. The minimum Gasteiger partial charge on any atom is -0.472 e. The fourth-order valence-corrected chi connectivity index (χ4v) is 5.14. The Labute approximate surface area is 135 Å². The molecule has 0 amide bonds. The first-order chi connectivity index (χ1) is 11.0. The number of ketones is 1. The molecule has 3 aliphatic rings. The van der Waals surface area contributed by atoms with Crippen molar-refractivity contribution < 1.29 is 18.7 Å². The smallest absolute Gasteiger partial charge is 0.313 e. The number of hydrogen-bond donors (Lipinski definition) is 0. The summed E-state index contributed by atoms with van der Waals surface area (Å²) in [5.74, 6) is 0.685. The number of rotatable bonds is 1. The Morgan fingerprint density at radius 3 is 2.83 bits per heavy atom. The van der Waals surface area contributed by atoms with Crippen LogP contribution in [0.5, 0.6) is 0 Å². The number of cyclic esters (lactones) is 1. The molecule has 0 aromatic carbocycles. The summed E-state index contributed by atoms with van der Waals surface area (Å²) in [5, 5.41) is 0. The van der Waals surface area contributed by atoms with Crippen LogP contribution in [0.15, 0.2) is 34.7 Å².